The van der Waals surface area contributed by atoms with Gasteiger partial charge in [0, 0.05) is 13.6 Å². The van der Waals surface area contributed by atoms with Crippen LogP contribution in [0.3, 0.4) is 0 Å². The van der Waals surface area contributed by atoms with Crippen LogP contribution in [0.5, 0.6) is 0 Å². The molecule has 0 aromatic heterocycles. The summed E-state index contributed by atoms with van der Waals surface area (Å²) >= 11 is 0. The van der Waals surface area contributed by atoms with Crippen molar-refractivity contribution in [3.05, 3.63) is 71.0 Å². The van der Waals surface area contributed by atoms with Crippen molar-refractivity contribution in [2.24, 2.45) is 5.92 Å². The molecule has 0 aliphatic heterocycles. The number of likely N-dealkylation sites (N-methyl/N-ethyl adjacent to an activating group) is 1. The van der Waals surface area contributed by atoms with Crippen molar-refractivity contribution in [2.45, 2.75) is 32.6 Å². The molecule has 1 unspecified atom stereocenters. The van der Waals surface area contributed by atoms with E-state index in [9.17, 15) is 27.2 Å². The van der Waals surface area contributed by atoms with Crippen molar-refractivity contribution in [1.82, 2.24) is 10.2 Å². The van der Waals surface area contributed by atoms with Gasteiger partial charge in [-0.2, -0.15) is 13.2 Å². The molecule has 2 amide bonds. The number of alkyl halides is 3. The van der Waals surface area contributed by atoms with Crippen LogP contribution in [0, 0.1) is 11.7 Å². The Hall–Kier alpha value is -2.90. The number of carbonyl (C=O) groups is 2. The average molecular weight is 410 g/mol. The van der Waals surface area contributed by atoms with Crippen LogP contribution in [-0.2, 0) is 17.5 Å². The van der Waals surface area contributed by atoms with Crippen molar-refractivity contribution in [3.63, 3.8) is 0 Å². The number of nitrogens with zero attached hydrogens (tertiary/aromatic N) is 1. The Labute approximate surface area is 166 Å². The summed E-state index contributed by atoms with van der Waals surface area (Å²) in [4.78, 5) is 26.3. The van der Waals surface area contributed by atoms with Crippen LogP contribution in [-0.4, -0.2) is 29.8 Å². The zero-order valence-electron chi connectivity index (χ0n) is 16.3. The van der Waals surface area contributed by atoms with Crippen molar-refractivity contribution in [2.75, 3.05) is 7.05 Å². The molecule has 2 rings (SSSR count). The van der Waals surface area contributed by atoms with Gasteiger partial charge in [0.25, 0.3) is 5.91 Å². The lowest BCUT2D eigenvalue weighted by Gasteiger charge is -2.28. The molecule has 4 nitrogen and oxygen atoms in total. The highest BCUT2D eigenvalue weighted by Crippen LogP contribution is 2.32. The highest BCUT2D eigenvalue weighted by atomic mass is 19.4. The van der Waals surface area contributed by atoms with Gasteiger partial charge in [-0.15, -0.1) is 0 Å². The highest BCUT2D eigenvalue weighted by molar-refractivity contribution is 5.97. The summed E-state index contributed by atoms with van der Waals surface area (Å²) in [6.45, 7) is 3.08. The number of hydrogen-bond acceptors (Lipinski definition) is 2. The number of carbonyl (C=O) groups excluding carboxylic acids is 2. The number of halogens is 4. The van der Waals surface area contributed by atoms with Crippen LogP contribution in [0.1, 0.15) is 35.3 Å². The molecule has 0 fully saturated rings. The van der Waals surface area contributed by atoms with E-state index < -0.39 is 35.4 Å². The summed E-state index contributed by atoms with van der Waals surface area (Å²) in [6.07, 6.45) is -4.54. The fraction of sp³-hybridized carbons (Fsp3) is 0.333. The quantitative estimate of drug-likeness (QED) is 0.724. The molecule has 2 aromatic rings. The molecule has 8 heteroatoms. The molecule has 0 saturated carbocycles. The average Bonchev–Trinajstić information content (AvgIpc) is 2.65. The second-order valence-electron chi connectivity index (χ2n) is 7.02. The van der Waals surface area contributed by atoms with E-state index in [1.165, 1.54) is 43.4 Å². The Bertz CT molecular complexity index is 881. The minimum absolute atomic E-state index is 0.0567. The van der Waals surface area contributed by atoms with Gasteiger partial charge in [-0.1, -0.05) is 44.2 Å². The van der Waals surface area contributed by atoms with Gasteiger partial charge < -0.3 is 10.2 Å². The zero-order chi connectivity index (χ0) is 21.8. The van der Waals surface area contributed by atoms with Gasteiger partial charge in [-0.3, -0.25) is 9.59 Å². The molecule has 1 N–H and O–H groups in total. The molecule has 0 radical (unpaired) electrons. The summed E-state index contributed by atoms with van der Waals surface area (Å²) in [7, 11) is 1.36. The molecule has 0 saturated heterocycles. The predicted octanol–water partition coefficient (Wildman–Crippen LogP) is 4.26. The van der Waals surface area contributed by atoms with Gasteiger partial charge in [0.15, 0.2) is 0 Å². The van der Waals surface area contributed by atoms with Gasteiger partial charge in [-0.25, -0.2) is 4.39 Å². The SMILES string of the molecule is CC(C)C(NC(=O)c1ccccc1F)C(=O)N(C)Cc1ccccc1C(F)(F)F. The lowest BCUT2D eigenvalue weighted by molar-refractivity contribution is -0.140. The van der Waals surface area contributed by atoms with Gasteiger partial charge in [0.05, 0.1) is 11.1 Å². The maximum Gasteiger partial charge on any atom is 0.416 e. The van der Waals surface area contributed by atoms with E-state index in [1.807, 2.05) is 0 Å². The van der Waals surface area contributed by atoms with Gasteiger partial charge in [-0.05, 0) is 29.7 Å². The van der Waals surface area contributed by atoms with Crippen LogP contribution in [0.15, 0.2) is 48.5 Å². The Kier molecular flexibility index (Phi) is 7.00. The van der Waals surface area contributed by atoms with E-state index in [4.69, 9.17) is 0 Å². The maximum absolute atomic E-state index is 13.8. The second kappa shape index (κ2) is 9.07. The third-order valence-corrected chi connectivity index (χ3v) is 4.44. The molecule has 2 aromatic carbocycles. The Balaban J connectivity index is 2.19. The Morgan fingerprint density at radius 3 is 2.21 bits per heavy atom. The molecule has 0 aliphatic rings. The number of hydrogen-bond donors (Lipinski definition) is 1. The lowest BCUT2D eigenvalue weighted by Crippen LogP contribution is -2.50. The van der Waals surface area contributed by atoms with Crippen LogP contribution < -0.4 is 5.32 Å². The third kappa shape index (κ3) is 5.56. The summed E-state index contributed by atoms with van der Waals surface area (Å²) < 4.78 is 53.4. The predicted molar refractivity (Wildman–Crippen MR) is 100 cm³/mol. The van der Waals surface area contributed by atoms with Gasteiger partial charge in [0.2, 0.25) is 5.91 Å². The number of amides is 2. The van der Waals surface area contributed by atoms with E-state index in [1.54, 1.807) is 13.8 Å². The summed E-state index contributed by atoms with van der Waals surface area (Å²) in [5.74, 6) is -2.42. The first-order chi connectivity index (χ1) is 13.5. The normalized spacial score (nSPS) is 12.6. The van der Waals surface area contributed by atoms with E-state index in [-0.39, 0.29) is 23.6 Å². The van der Waals surface area contributed by atoms with E-state index in [0.717, 1.165) is 17.0 Å². The molecule has 0 aliphatic carbocycles. The third-order valence-electron chi connectivity index (χ3n) is 4.44. The van der Waals surface area contributed by atoms with E-state index in [2.05, 4.69) is 5.32 Å². The van der Waals surface area contributed by atoms with Crippen molar-refractivity contribution >= 4 is 11.8 Å². The van der Waals surface area contributed by atoms with Gasteiger partial charge in [0.1, 0.15) is 11.9 Å². The van der Waals surface area contributed by atoms with Crippen LogP contribution in [0.4, 0.5) is 17.6 Å². The Morgan fingerprint density at radius 1 is 1.03 bits per heavy atom. The van der Waals surface area contributed by atoms with Crippen molar-refractivity contribution in [1.29, 1.82) is 0 Å². The first-order valence-corrected chi connectivity index (χ1v) is 8.97. The molecule has 29 heavy (non-hydrogen) atoms. The summed E-state index contributed by atoms with van der Waals surface area (Å²) in [5.41, 5.74) is -1.09. The maximum atomic E-state index is 13.8. The largest absolute Gasteiger partial charge is 0.416 e. The fourth-order valence-corrected chi connectivity index (χ4v) is 2.88. The molecular weight excluding hydrogens is 388 g/mol. The zero-order valence-corrected chi connectivity index (χ0v) is 16.3. The number of nitrogens with one attached hydrogen (secondary N) is 1. The number of rotatable bonds is 6. The van der Waals surface area contributed by atoms with Crippen molar-refractivity contribution in [3.8, 4) is 0 Å². The standard InChI is InChI=1S/C21H22F4N2O2/c1-13(2)18(26-19(28)15-9-5-7-11-17(15)22)20(29)27(3)12-14-8-4-6-10-16(14)21(23,24)25/h4-11,13,18H,12H2,1-3H3,(H,26,28). The van der Waals surface area contributed by atoms with Gasteiger partial charge >= 0.3 is 6.18 Å². The summed E-state index contributed by atoms with van der Waals surface area (Å²) in [5, 5.41) is 2.49. The fourth-order valence-electron chi connectivity index (χ4n) is 2.88. The minimum atomic E-state index is -4.54. The smallest absolute Gasteiger partial charge is 0.340 e. The summed E-state index contributed by atoms with van der Waals surface area (Å²) in [6, 6.07) is 9.31. The Morgan fingerprint density at radius 2 is 1.62 bits per heavy atom. The monoisotopic (exact) mass is 410 g/mol. The molecule has 156 valence electrons. The molecule has 1 atom stereocenters. The van der Waals surface area contributed by atoms with E-state index >= 15 is 0 Å². The molecule has 0 heterocycles. The topological polar surface area (TPSA) is 49.4 Å². The molecular formula is C21H22F4N2O2. The first-order valence-electron chi connectivity index (χ1n) is 8.97. The second-order valence-corrected chi connectivity index (χ2v) is 7.02. The number of benzene rings is 2. The molecule has 0 bridgehead atoms. The molecule has 0 spiro atoms. The van der Waals surface area contributed by atoms with Crippen LogP contribution >= 0.6 is 0 Å². The van der Waals surface area contributed by atoms with Crippen LogP contribution in [0.2, 0.25) is 0 Å². The first kappa shape index (κ1) is 22.4. The lowest BCUT2D eigenvalue weighted by atomic mass is 10.0. The van der Waals surface area contributed by atoms with E-state index in [0.29, 0.717) is 0 Å². The van der Waals surface area contributed by atoms with Crippen molar-refractivity contribution < 1.29 is 27.2 Å². The minimum Gasteiger partial charge on any atom is -0.340 e. The van der Waals surface area contributed by atoms with Crippen LogP contribution in [0.25, 0.3) is 0 Å². The highest BCUT2D eigenvalue weighted by Gasteiger charge is 2.34.